The Labute approximate surface area is 156 Å². The highest BCUT2D eigenvalue weighted by Gasteiger charge is 2.49. The normalized spacial score (nSPS) is 19.1. The molecule has 7 heteroatoms. The lowest BCUT2D eigenvalue weighted by Gasteiger charge is -2.23. The van der Waals surface area contributed by atoms with Gasteiger partial charge in [-0.2, -0.15) is 0 Å². The number of nitrogens with zero attached hydrogens (tertiary/aromatic N) is 2. The van der Waals surface area contributed by atoms with E-state index in [1.165, 1.54) is 17.0 Å². The third-order valence-electron chi connectivity index (χ3n) is 4.65. The first-order chi connectivity index (χ1) is 12.8. The molecule has 0 aromatic heterocycles. The highest BCUT2D eigenvalue weighted by Crippen LogP contribution is 2.28. The average Bonchev–Trinajstić information content (AvgIpc) is 2.86. The molecule has 1 heterocycles. The number of halogens is 1. The third-order valence-corrected chi connectivity index (χ3v) is 4.65. The maximum absolute atomic E-state index is 13.3. The van der Waals surface area contributed by atoms with Crippen molar-refractivity contribution in [2.24, 2.45) is 0 Å². The summed E-state index contributed by atoms with van der Waals surface area (Å²) in [5.41, 5.74) is 0.0586. The second kappa shape index (κ2) is 7.19. The van der Waals surface area contributed by atoms with Gasteiger partial charge in [0, 0.05) is 13.6 Å². The van der Waals surface area contributed by atoms with E-state index in [4.69, 9.17) is 0 Å². The van der Waals surface area contributed by atoms with Crippen LogP contribution in [0.5, 0.6) is 0 Å². The van der Waals surface area contributed by atoms with Crippen molar-refractivity contribution in [1.82, 2.24) is 15.1 Å². The maximum Gasteiger partial charge on any atom is 0.325 e. The van der Waals surface area contributed by atoms with E-state index < -0.39 is 23.4 Å². The van der Waals surface area contributed by atoms with Gasteiger partial charge < -0.3 is 10.2 Å². The number of hydrogen-bond acceptors (Lipinski definition) is 3. The van der Waals surface area contributed by atoms with Gasteiger partial charge in [-0.25, -0.2) is 9.18 Å². The first kappa shape index (κ1) is 18.6. The Morgan fingerprint density at radius 1 is 1.15 bits per heavy atom. The largest absolute Gasteiger partial charge is 0.340 e. The van der Waals surface area contributed by atoms with E-state index in [1.807, 2.05) is 6.07 Å². The summed E-state index contributed by atoms with van der Waals surface area (Å²) >= 11 is 0. The lowest BCUT2D eigenvalue weighted by molar-refractivity contribution is -0.138. The monoisotopic (exact) mass is 369 g/mol. The number of rotatable bonds is 5. The summed E-state index contributed by atoms with van der Waals surface area (Å²) in [5.74, 6) is -1.28. The van der Waals surface area contributed by atoms with Crippen molar-refractivity contribution in [3.63, 3.8) is 0 Å². The van der Waals surface area contributed by atoms with Gasteiger partial charge in [0.05, 0.1) is 0 Å². The molecule has 1 atom stereocenters. The standard InChI is InChI=1S/C20H20FN3O3/c1-20(15-8-4-3-5-9-15)18(26)24(19(27)22-20)13-17(25)23(2)12-14-7-6-10-16(21)11-14/h3-11H,12-13H2,1-2H3,(H,22,27)/t20-/m0/s1. The number of amides is 4. The molecule has 1 N–H and O–H groups in total. The number of likely N-dealkylation sites (N-methyl/N-ethyl adjacent to an activating group) is 1. The van der Waals surface area contributed by atoms with Crippen LogP contribution in [-0.2, 0) is 21.7 Å². The fourth-order valence-electron chi connectivity index (χ4n) is 3.06. The van der Waals surface area contributed by atoms with Crippen molar-refractivity contribution in [3.05, 3.63) is 71.5 Å². The minimum atomic E-state index is -1.21. The summed E-state index contributed by atoms with van der Waals surface area (Å²) in [6.45, 7) is 1.42. The number of urea groups is 1. The van der Waals surface area contributed by atoms with E-state index in [-0.39, 0.29) is 18.9 Å². The molecule has 4 amide bonds. The van der Waals surface area contributed by atoms with Gasteiger partial charge in [0.25, 0.3) is 5.91 Å². The van der Waals surface area contributed by atoms with Crippen molar-refractivity contribution in [1.29, 1.82) is 0 Å². The minimum absolute atomic E-state index is 0.177. The molecule has 2 aromatic rings. The van der Waals surface area contributed by atoms with Crippen molar-refractivity contribution in [2.45, 2.75) is 19.0 Å². The van der Waals surface area contributed by atoms with Gasteiger partial charge in [-0.15, -0.1) is 0 Å². The molecule has 3 rings (SSSR count). The Kier molecular flexibility index (Phi) is 4.94. The van der Waals surface area contributed by atoms with Crippen LogP contribution in [0.1, 0.15) is 18.1 Å². The van der Waals surface area contributed by atoms with E-state index in [2.05, 4.69) is 5.32 Å². The first-order valence-corrected chi connectivity index (χ1v) is 8.49. The Bertz CT molecular complexity index is 887. The van der Waals surface area contributed by atoms with E-state index >= 15 is 0 Å². The molecule has 27 heavy (non-hydrogen) atoms. The Morgan fingerprint density at radius 2 is 1.85 bits per heavy atom. The molecule has 1 aliphatic heterocycles. The van der Waals surface area contributed by atoms with Gasteiger partial charge in [-0.3, -0.25) is 14.5 Å². The van der Waals surface area contributed by atoms with E-state index in [0.717, 1.165) is 4.90 Å². The van der Waals surface area contributed by atoms with Crippen LogP contribution in [-0.4, -0.2) is 41.2 Å². The highest BCUT2D eigenvalue weighted by molar-refractivity contribution is 6.09. The average molecular weight is 369 g/mol. The number of nitrogens with one attached hydrogen (secondary N) is 1. The molecule has 6 nitrogen and oxygen atoms in total. The predicted molar refractivity (Wildman–Crippen MR) is 96.9 cm³/mol. The summed E-state index contributed by atoms with van der Waals surface area (Å²) in [5, 5.41) is 2.66. The van der Waals surface area contributed by atoms with Gasteiger partial charge in [0.15, 0.2) is 0 Å². The second-order valence-corrected chi connectivity index (χ2v) is 6.69. The van der Waals surface area contributed by atoms with Gasteiger partial charge in [0.1, 0.15) is 17.9 Å². The van der Waals surface area contributed by atoms with Crippen LogP contribution >= 0.6 is 0 Å². The molecule has 0 bridgehead atoms. The number of imide groups is 1. The zero-order valence-corrected chi connectivity index (χ0v) is 15.1. The van der Waals surface area contributed by atoms with E-state index in [1.54, 1.807) is 50.4 Å². The van der Waals surface area contributed by atoms with Crippen LogP contribution in [0.25, 0.3) is 0 Å². The Balaban J connectivity index is 1.70. The second-order valence-electron chi connectivity index (χ2n) is 6.69. The summed E-state index contributed by atoms with van der Waals surface area (Å²) in [7, 11) is 1.54. The first-order valence-electron chi connectivity index (χ1n) is 8.49. The SMILES string of the molecule is CN(Cc1cccc(F)c1)C(=O)CN1C(=O)N[C@@](C)(c2ccccc2)C1=O. The van der Waals surface area contributed by atoms with Crippen molar-refractivity contribution >= 4 is 17.8 Å². The summed E-state index contributed by atoms with van der Waals surface area (Å²) in [4.78, 5) is 39.9. The van der Waals surface area contributed by atoms with Gasteiger partial charge >= 0.3 is 6.03 Å². The highest BCUT2D eigenvalue weighted by atomic mass is 19.1. The number of carbonyl (C=O) groups is 3. The van der Waals surface area contributed by atoms with E-state index in [0.29, 0.717) is 11.1 Å². The molecule has 0 unspecified atom stereocenters. The Morgan fingerprint density at radius 3 is 2.52 bits per heavy atom. The summed E-state index contributed by atoms with van der Waals surface area (Å²) in [6.07, 6.45) is 0. The lowest BCUT2D eigenvalue weighted by atomic mass is 9.92. The van der Waals surface area contributed by atoms with Crippen molar-refractivity contribution in [3.8, 4) is 0 Å². The summed E-state index contributed by atoms with van der Waals surface area (Å²) in [6, 6.07) is 14.2. The molecule has 1 aliphatic rings. The zero-order valence-electron chi connectivity index (χ0n) is 15.1. The third kappa shape index (κ3) is 3.67. The molecule has 0 aliphatic carbocycles. The predicted octanol–water partition coefficient (Wildman–Crippen LogP) is 2.25. The lowest BCUT2D eigenvalue weighted by Crippen LogP contribution is -2.43. The molecule has 0 spiro atoms. The van der Waals surface area contributed by atoms with E-state index in [9.17, 15) is 18.8 Å². The van der Waals surface area contributed by atoms with Crippen LogP contribution in [0.4, 0.5) is 9.18 Å². The van der Waals surface area contributed by atoms with Crippen LogP contribution in [0, 0.1) is 5.82 Å². The van der Waals surface area contributed by atoms with Gasteiger partial charge in [-0.05, 0) is 30.2 Å². The fourth-order valence-corrected chi connectivity index (χ4v) is 3.06. The van der Waals surface area contributed by atoms with Gasteiger partial charge in [-0.1, -0.05) is 42.5 Å². The molecule has 0 radical (unpaired) electrons. The summed E-state index contributed by atoms with van der Waals surface area (Å²) < 4.78 is 13.3. The Hall–Kier alpha value is -3.22. The molecule has 1 fully saturated rings. The molecule has 140 valence electrons. The van der Waals surface area contributed by atoms with Crippen LogP contribution in [0.15, 0.2) is 54.6 Å². The molecule has 2 aromatic carbocycles. The molecule has 0 saturated carbocycles. The maximum atomic E-state index is 13.3. The molecular formula is C20H20FN3O3. The smallest absolute Gasteiger partial charge is 0.325 e. The number of benzene rings is 2. The zero-order chi connectivity index (χ0) is 19.6. The molecule has 1 saturated heterocycles. The van der Waals surface area contributed by atoms with Crippen molar-refractivity contribution < 1.29 is 18.8 Å². The minimum Gasteiger partial charge on any atom is -0.340 e. The quantitative estimate of drug-likeness (QED) is 0.822. The molecular weight excluding hydrogens is 349 g/mol. The van der Waals surface area contributed by atoms with Crippen LogP contribution in [0.2, 0.25) is 0 Å². The van der Waals surface area contributed by atoms with Crippen LogP contribution in [0.3, 0.4) is 0 Å². The van der Waals surface area contributed by atoms with Gasteiger partial charge in [0.2, 0.25) is 5.91 Å². The topological polar surface area (TPSA) is 69.7 Å². The number of carbonyl (C=O) groups excluding carboxylic acids is 3. The van der Waals surface area contributed by atoms with Crippen molar-refractivity contribution in [2.75, 3.05) is 13.6 Å². The van der Waals surface area contributed by atoms with Crippen LogP contribution < -0.4 is 5.32 Å². The fraction of sp³-hybridized carbons (Fsp3) is 0.250. The number of hydrogen-bond donors (Lipinski definition) is 1.